The van der Waals surface area contributed by atoms with Crippen LogP contribution in [0.2, 0.25) is 0 Å². The highest BCUT2D eigenvalue weighted by atomic mass is 32.2. The van der Waals surface area contributed by atoms with E-state index in [0.717, 1.165) is 32.3 Å². The molecular weight excluding hydrogens is 416 g/mol. The number of hydrogen-bond acceptors (Lipinski definition) is 7. The molecule has 1 amide bonds. The first-order valence-corrected chi connectivity index (χ1v) is 11.3. The topological polar surface area (TPSA) is 85.6 Å². The van der Waals surface area contributed by atoms with Crippen molar-refractivity contribution >= 4 is 39.2 Å². The minimum Gasteiger partial charge on any atom is -0.349 e. The summed E-state index contributed by atoms with van der Waals surface area (Å²) in [6.07, 6.45) is 3.15. The van der Waals surface area contributed by atoms with Crippen LogP contribution in [0.4, 0.5) is 0 Å². The van der Waals surface area contributed by atoms with E-state index < -0.39 is 0 Å². The Hall–Kier alpha value is -2.78. The van der Waals surface area contributed by atoms with Crippen molar-refractivity contribution < 1.29 is 4.79 Å². The number of aryl methyl sites for hydroxylation is 3. The zero-order valence-corrected chi connectivity index (χ0v) is 18.8. The first kappa shape index (κ1) is 20.5. The van der Waals surface area contributed by atoms with Crippen LogP contribution in [0.5, 0.6) is 0 Å². The number of rotatable bonds is 6. The molecule has 0 unspecified atom stereocenters. The quantitative estimate of drug-likeness (QED) is 0.359. The lowest BCUT2D eigenvalue weighted by Gasteiger charge is -2.15. The fourth-order valence-electron chi connectivity index (χ4n) is 3.18. The van der Waals surface area contributed by atoms with Crippen molar-refractivity contribution in [3.05, 3.63) is 58.7 Å². The lowest BCUT2D eigenvalue weighted by molar-refractivity contribution is -0.119. The second-order valence-corrected chi connectivity index (χ2v) is 9.22. The third kappa shape index (κ3) is 4.22. The maximum atomic E-state index is 12.6. The SMILES string of the molecule is Cc1nc(SCC(=O)N[C@@H](C)c2ccc(-n3cncn3)cc2)c2c(C)c(C)sc2n1. The number of thiophene rings is 1. The predicted molar refractivity (Wildman–Crippen MR) is 120 cm³/mol. The van der Waals surface area contributed by atoms with Crippen LogP contribution in [0.1, 0.15) is 34.8 Å². The summed E-state index contributed by atoms with van der Waals surface area (Å²) in [5.41, 5.74) is 3.15. The molecule has 0 aliphatic carbocycles. The predicted octanol–water partition coefficient (Wildman–Crippen LogP) is 4.17. The number of aromatic nitrogens is 5. The van der Waals surface area contributed by atoms with Gasteiger partial charge in [-0.05, 0) is 51.0 Å². The molecule has 154 valence electrons. The third-order valence-corrected chi connectivity index (χ3v) is 6.98. The van der Waals surface area contributed by atoms with E-state index in [1.807, 2.05) is 38.1 Å². The van der Waals surface area contributed by atoms with E-state index in [4.69, 9.17) is 0 Å². The largest absolute Gasteiger partial charge is 0.349 e. The number of benzene rings is 1. The number of carbonyl (C=O) groups is 1. The molecule has 3 aromatic heterocycles. The monoisotopic (exact) mass is 438 g/mol. The van der Waals surface area contributed by atoms with Gasteiger partial charge in [-0.25, -0.2) is 19.6 Å². The number of nitrogens with zero attached hydrogens (tertiary/aromatic N) is 5. The van der Waals surface area contributed by atoms with E-state index in [0.29, 0.717) is 5.75 Å². The Morgan fingerprint density at radius 2 is 1.97 bits per heavy atom. The highest BCUT2D eigenvalue weighted by Gasteiger charge is 2.16. The van der Waals surface area contributed by atoms with Gasteiger partial charge in [-0.15, -0.1) is 11.3 Å². The van der Waals surface area contributed by atoms with Crippen LogP contribution >= 0.6 is 23.1 Å². The van der Waals surface area contributed by atoms with Gasteiger partial charge < -0.3 is 5.32 Å². The Morgan fingerprint density at radius 3 is 2.67 bits per heavy atom. The minimum absolute atomic E-state index is 0.0260. The van der Waals surface area contributed by atoms with Crippen LogP contribution in [0.25, 0.3) is 15.9 Å². The van der Waals surface area contributed by atoms with Crippen molar-refractivity contribution in [2.45, 2.75) is 38.8 Å². The van der Waals surface area contributed by atoms with E-state index >= 15 is 0 Å². The summed E-state index contributed by atoms with van der Waals surface area (Å²) in [6, 6.07) is 7.81. The fourth-order valence-corrected chi connectivity index (χ4v) is 5.26. The molecule has 7 nitrogen and oxygen atoms in total. The molecule has 0 aliphatic heterocycles. The minimum atomic E-state index is -0.0971. The summed E-state index contributed by atoms with van der Waals surface area (Å²) in [4.78, 5) is 27.9. The van der Waals surface area contributed by atoms with Gasteiger partial charge >= 0.3 is 0 Å². The molecule has 1 N–H and O–H groups in total. The molecule has 0 radical (unpaired) electrons. The van der Waals surface area contributed by atoms with E-state index in [9.17, 15) is 4.79 Å². The molecule has 0 spiro atoms. The van der Waals surface area contributed by atoms with Gasteiger partial charge in [0.25, 0.3) is 0 Å². The maximum Gasteiger partial charge on any atom is 0.230 e. The molecular formula is C21H22N6OS2. The molecule has 0 bridgehead atoms. The van der Waals surface area contributed by atoms with Crippen LogP contribution in [0.3, 0.4) is 0 Å². The molecule has 1 atom stereocenters. The van der Waals surface area contributed by atoms with Crippen LogP contribution in [-0.4, -0.2) is 36.4 Å². The first-order chi connectivity index (χ1) is 14.4. The standard InChI is InChI=1S/C21H22N6OS2/c1-12-14(3)30-21-19(12)20(25-15(4)26-21)29-9-18(28)24-13(2)16-5-7-17(8-6-16)27-11-22-10-23-27/h5-8,10-11,13H,9H2,1-4H3,(H,24,28)/t13-/m0/s1. The summed E-state index contributed by atoms with van der Waals surface area (Å²) in [5.74, 6) is 1.01. The molecule has 9 heteroatoms. The van der Waals surface area contributed by atoms with Gasteiger partial charge in [-0.3, -0.25) is 4.79 Å². The third-order valence-electron chi connectivity index (χ3n) is 4.90. The molecule has 1 aromatic carbocycles. The molecule has 0 saturated heterocycles. The highest BCUT2D eigenvalue weighted by Crippen LogP contribution is 2.35. The van der Waals surface area contributed by atoms with Crippen LogP contribution in [-0.2, 0) is 4.79 Å². The van der Waals surface area contributed by atoms with Crippen molar-refractivity contribution in [2.75, 3.05) is 5.75 Å². The van der Waals surface area contributed by atoms with E-state index in [1.165, 1.54) is 28.5 Å². The molecule has 4 rings (SSSR count). The molecule has 0 fully saturated rings. The second kappa shape index (κ2) is 8.53. The average Bonchev–Trinajstić information content (AvgIpc) is 3.35. The summed E-state index contributed by atoms with van der Waals surface area (Å²) in [5, 5.41) is 9.13. The van der Waals surface area contributed by atoms with E-state index in [-0.39, 0.29) is 11.9 Å². The van der Waals surface area contributed by atoms with Gasteiger partial charge in [0.15, 0.2) is 0 Å². The van der Waals surface area contributed by atoms with Crippen LogP contribution in [0, 0.1) is 20.8 Å². The summed E-state index contributed by atoms with van der Waals surface area (Å²) in [7, 11) is 0. The number of hydrogen-bond donors (Lipinski definition) is 1. The lowest BCUT2D eigenvalue weighted by Crippen LogP contribution is -2.28. The molecule has 0 aliphatic rings. The molecule has 0 saturated carbocycles. The van der Waals surface area contributed by atoms with E-state index in [1.54, 1.807) is 22.3 Å². The smallest absolute Gasteiger partial charge is 0.230 e. The lowest BCUT2D eigenvalue weighted by atomic mass is 10.1. The Bertz CT molecular complexity index is 1180. The Labute approximate surface area is 183 Å². The molecule has 30 heavy (non-hydrogen) atoms. The Kier molecular flexibility index (Phi) is 5.83. The number of carbonyl (C=O) groups excluding carboxylic acids is 1. The number of fused-ring (bicyclic) bond motifs is 1. The highest BCUT2D eigenvalue weighted by molar-refractivity contribution is 8.00. The van der Waals surface area contributed by atoms with Gasteiger partial charge in [0, 0.05) is 10.3 Å². The van der Waals surface area contributed by atoms with Crippen LogP contribution < -0.4 is 5.32 Å². The van der Waals surface area contributed by atoms with Gasteiger partial charge in [-0.1, -0.05) is 23.9 Å². The molecule has 3 heterocycles. The Morgan fingerprint density at radius 1 is 1.20 bits per heavy atom. The van der Waals surface area contributed by atoms with E-state index in [2.05, 4.69) is 39.2 Å². The Balaban J connectivity index is 1.41. The van der Waals surface area contributed by atoms with Crippen LogP contribution in [0.15, 0.2) is 41.9 Å². The van der Waals surface area contributed by atoms with Gasteiger partial charge in [0.05, 0.1) is 17.5 Å². The van der Waals surface area contributed by atoms with Gasteiger partial charge in [0.2, 0.25) is 5.91 Å². The normalized spacial score (nSPS) is 12.3. The van der Waals surface area contributed by atoms with Crippen molar-refractivity contribution in [2.24, 2.45) is 0 Å². The van der Waals surface area contributed by atoms with Gasteiger partial charge in [-0.2, -0.15) is 5.10 Å². The number of nitrogens with one attached hydrogen (secondary N) is 1. The fraction of sp³-hybridized carbons (Fsp3) is 0.286. The summed E-state index contributed by atoms with van der Waals surface area (Å²) >= 11 is 3.14. The molecule has 4 aromatic rings. The average molecular weight is 439 g/mol. The zero-order chi connectivity index (χ0) is 21.3. The van der Waals surface area contributed by atoms with Crippen molar-refractivity contribution in [3.8, 4) is 5.69 Å². The maximum absolute atomic E-state index is 12.6. The van der Waals surface area contributed by atoms with Gasteiger partial charge in [0.1, 0.15) is 28.3 Å². The summed E-state index contributed by atoms with van der Waals surface area (Å²) in [6.45, 7) is 8.04. The van der Waals surface area contributed by atoms with Crippen molar-refractivity contribution in [1.29, 1.82) is 0 Å². The van der Waals surface area contributed by atoms with Crippen molar-refractivity contribution in [1.82, 2.24) is 30.0 Å². The first-order valence-electron chi connectivity index (χ1n) is 9.54. The zero-order valence-electron chi connectivity index (χ0n) is 17.2. The summed E-state index contributed by atoms with van der Waals surface area (Å²) < 4.78 is 1.70. The number of amides is 1. The second-order valence-electron chi connectivity index (χ2n) is 7.05. The van der Waals surface area contributed by atoms with Crippen molar-refractivity contribution in [3.63, 3.8) is 0 Å². The number of thioether (sulfide) groups is 1.